The van der Waals surface area contributed by atoms with Gasteiger partial charge in [0.2, 0.25) is 0 Å². The summed E-state index contributed by atoms with van der Waals surface area (Å²) >= 11 is 5.24. The molecule has 9 heavy (non-hydrogen) atoms. The van der Waals surface area contributed by atoms with E-state index in [0.29, 0.717) is 11.5 Å². The van der Waals surface area contributed by atoms with Gasteiger partial charge in [0.15, 0.2) is 5.82 Å². The van der Waals surface area contributed by atoms with Crippen LogP contribution in [-0.2, 0) is 0 Å². The Hall–Kier alpha value is -0.960. The summed E-state index contributed by atoms with van der Waals surface area (Å²) in [5.41, 5.74) is 5.97. The lowest BCUT2D eigenvalue weighted by molar-refractivity contribution is 1.34. The molecule has 1 rings (SSSR count). The van der Waals surface area contributed by atoms with Crippen LogP contribution in [0.4, 0.5) is 11.5 Å². The lowest BCUT2D eigenvalue weighted by atomic mass is 10.4. The number of anilines is 2. The Morgan fingerprint density at radius 1 is 1.67 bits per heavy atom. The molecule has 0 aliphatic heterocycles. The van der Waals surface area contributed by atoms with Gasteiger partial charge in [-0.05, 0) is 12.1 Å². The molecule has 0 spiro atoms. The van der Waals surface area contributed by atoms with Crippen molar-refractivity contribution in [1.82, 2.24) is 4.98 Å². The Kier molecular flexibility index (Phi) is 1.75. The highest BCUT2D eigenvalue weighted by Gasteiger charge is 1.92. The summed E-state index contributed by atoms with van der Waals surface area (Å²) in [5, 5.41) is 0. The van der Waals surface area contributed by atoms with Gasteiger partial charge in [0, 0.05) is 18.0 Å². The molecule has 4 heteroatoms. The summed E-state index contributed by atoms with van der Waals surface area (Å²) in [6.45, 7) is 0. The largest absolute Gasteiger partial charge is 0.396 e. The van der Waals surface area contributed by atoms with Crippen molar-refractivity contribution in [1.29, 1.82) is 0 Å². The van der Waals surface area contributed by atoms with E-state index in [4.69, 9.17) is 17.5 Å². The zero-order chi connectivity index (χ0) is 6.69. The number of aromatic nitrogens is 1. The number of rotatable bonds is 1. The first-order valence-corrected chi connectivity index (χ1v) is 2.79. The van der Waals surface area contributed by atoms with Crippen LogP contribution in [0, 0.1) is 0 Å². The smallest absolute Gasteiger partial charge is 0.163 e. The topological polar surface area (TPSA) is 50.9 Å². The van der Waals surface area contributed by atoms with E-state index < -0.39 is 0 Å². The normalized spacial score (nSPS) is 9.00. The molecule has 0 saturated heterocycles. The fourth-order valence-corrected chi connectivity index (χ4v) is 0.655. The van der Waals surface area contributed by atoms with Crippen LogP contribution in [0.2, 0.25) is 0 Å². The molecule has 0 amide bonds. The van der Waals surface area contributed by atoms with Gasteiger partial charge in [0.25, 0.3) is 0 Å². The monoisotopic (exact) mass is 143 g/mol. The van der Waals surface area contributed by atoms with Crippen molar-refractivity contribution in [3.8, 4) is 0 Å². The zero-order valence-electron chi connectivity index (χ0n) is 4.63. The summed E-state index contributed by atoms with van der Waals surface area (Å²) in [7, 11) is 0. The maximum Gasteiger partial charge on any atom is 0.163 e. The summed E-state index contributed by atoms with van der Waals surface area (Å²) in [6, 6.07) is 3.46. The highest BCUT2D eigenvalue weighted by molar-refractivity contribution is 6.24. The van der Waals surface area contributed by atoms with E-state index in [-0.39, 0.29) is 0 Å². The van der Waals surface area contributed by atoms with E-state index in [1.807, 2.05) is 0 Å². The van der Waals surface area contributed by atoms with Crippen LogP contribution in [0.1, 0.15) is 0 Å². The van der Waals surface area contributed by atoms with Crippen LogP contribution in [0.5, 0.6) is 0 Å². The second kappa shape index (κ2) is 2.55. The Labute approximate surface area is 58.0 Å². The molecule has 0 atom stereocenters. The molecule has 48 valence electrons. The molecule has 0 radical (unpaired) electrons. The van der Waals surface area contributed by atoms with Gasteiger partial charge >= 0.3 is 0 Å². The molecule has 0 aliphatic carbocycles. The fourth-order valence-electron chi connectivity index (χ4n) is 0.497. The van der Waals surface area contributed by atoms with Crippen LogP contribution in [0.15, 0.2) is 18.3 Å². The first kappa shape index (κ1) is 6.16. The van der Waals surface area contributed by atoms with Crippen molar-refractivity contribution >= 4 is 23.3 Å². The Balaban J connectivity index is 3.01. The number of nitrogen functional groups attached to an aromatic ring is 1. The van der Waals surface area contributed by atoms with Crippen molar-refractivity contribution in [2.45, 2.75) is 0 Å². The Morgan fingerprint density at radius 3 is 2.89 bits per heavy atom. The molecule has 1 aromatic rings. The second-order valence-corrected chi connectivity index (χ2v) is 1.72. The highest BCUT2D eigenvalue weighted by Crippen LogP contribution is 2.12. The molecule has 0 saturated carbocycles. The minimum atomic E-state index is 0.499. The van der Waals surface area contributed by atoms with Crippen LogP contribution >= 0.6 is 11.8 Å². The summed E-state index contributed by atoms with van der Waals surface area (Å²) in [6.07, 6.45) is 1.61. The predicted octanol–water partition coefficient (Wildman–Crippen LogP) is 1.23. The zero-order valence-corrected chi connectivity index (χ0v) is 5.39. The number of halogens is 1. The maximum absolute atomic E-state index is 5.42. The van der Waals surface area contributed by atoms with E-state index in [1.54, 1.807) is 18.3 Å². The average molecular weight is 144 g/mol. The van der Waals surface area contributed by atoms with Gasteiger partial charge in [0.05, 0.1) is 5.69 Å². The van der Waals surface area contributed by atoms with Crippen molar-refractivity contribution in [2.75, 3.05) is 10.6 Å². The van der Waals surface area contributed by atoms with Gasteiger partial charge in [0.1, 0.15) is 0 Å². The van der Waals surface area contributed by atoms with Gasteiger partial charge < -0.3 is 5.73 Å². The fraction of sp³-hybridized carbons (Fsp3) is 0. The molecule has 1 aromatic heterocycles. The van der Waals surface area contributed by atoms with Crippen LogP contribution in [-0.4, -0.2) is 4.98 Å². The number of hydrogen-bond donors (Lipinski definition) is 2. The summed E-state index contributed by atoms with van der Waals surface area (Å²) < 4.78 is 0. The van der Waals surface area contributed by atoms with E-state index in [1.165, 1.54) is 0 Å². The van der Waals surface area contributed by atoms with E-state index in [2.05, 4.69) is 9.82 Å². The third-order valence-electron chi connectivity index (χ3n) is 0.928. The van der Waals surface area contributed by atoms with Crippen LogP contribution < -0.4 is 10.6 Å². The van der Waals surface area contributed by atoms with Crippen molar-refractivity contribution < 1.29 is 0 Å². The summed E-state index contributed by atoms with van der Waals surface area (Å²) in [4.78, 5) is 6.16. The maximum atomic E-state index is 5.42. The van der Waals surface area contributed by atoms with E-state index >= 15 is 0 Å². The highest BCUT2D eigenvalue weighted by atomic mass is 35.5. The molecule has 0 aliphatic rings. The molecule has 0 unspecified atom stereocenters. The van der Waals surface area contributed by atoms with Gasteiger partial charge in [-0.2, -0.15) is 0 Å². The molecule has 1 heterocycles. The standard InChI is InChI=1S/C5H6ClN3/c6-9-5-4(7)2-1-3-8-5/h1-3H,7H2,(H,8,9). The van der Waals surface area contributed by atoms with Gasteiger partial charge in [-0.3, -0.25) is 4.84 Å². The van der Waals surface area contributed by atoms with Gasteiger partial charge in [-0.25, -0.2) is 4.98 Å². The average Bonchev–Trinajstić information content (AvgIpc) is 1.89. The molecule has 0 aromatic carbocycles. The molecule has 3 nitrogen and oxygen atoms in total. The lowest BCUT2D eigenvalue weighted by Crippen LogP contribution is -1.92. The van der Waals surface area contributed by atoms with Crippen molar-refractivity contribution in [3.05, 3.63) is 18.3 Å². The molecule has 0 bridgehead atoms. The predicted molar refractivity (Wildman–Crippen MR) is 38.1 cm³/mol. The molecule has 3 N–H and O–H groups in total. The second-order valence-electron chi connectivity index (χ2n) is 1.54. The van der Waals surface area contributed by atoms with Gasteiger partial charge in [-0.1, -0.05) is 0 Å². The van der Waals surface area contributed by atoms with E-state index in [0.717, 1.165) is 0 Å². The molecule has 0 fully saturated rings. The quantitative estimate of drug-likeness (QED) is 0.582. The third kappa shape index (κ3) is 1.23. The number of pyridine rings is 1. The number of nitrogens with zero attached hydrogens (tertiary/aromatic N) is 1. The van der Waals surface area contributed by atoms with Gasteiger partial charge in [-0.15, -0.1) is 0 Å². The molecular weight excluding hydrogens is 138 g/mol. The summed E-state index contributed by atoms with van der Waals surface area (Å²) in [5.74, 6) is 0.499. The SMILES string of the molecule is Nc1cccnc1NCl. The number of nitrogens with one attached hydrogen (secondary N) is 1. The minimum absolute atomic E-state index is 0.499. The first-order valence-electron chi connectivity index (χ1n) is 2.41. The van der Waals surface area contributed by atoms with E-state index in [9.17, 15) is 0 Å². The lowest BCUT2D eigenvalue weighted by Gasteiger charge is -1.97. The third-order valence-corrected chi connectivity index (χ3v) is 1.11. The Bertz CT molecular complexity index is 201. The van der Waals surface area contributed by atoms with Crippen LogP contribution in [0.25, 0.3) is 0 Å². The number of hydrogen-bond acceptors (Lipinski definition) is 3. The minimum Gasteiger partial charge on any atom is -0.396 e. The van der Waals surface area contributed by atoms with Crippen molar-refractivity contribution in [3.63, 3.8) is 0 Å². The molecular formula is C5H6ClN3. The number of nitrogens with two attached hydrogens (primary N) is 1. The van der Waals surface area contributed by atoms with Crippen LogP contribution in [0.3, 0.4) is 0 Å². The first-order chi connectivity index (χ1) is 4.34. The Morgan fingerprint density at radius 2 is 2.44 bits per heavy atom. The van der Waals surface area contributed by atoms with Crippen molar-refractivity contribution in [2.24, 2.45) is 0 Å².